The summed E-state index contributed by atoms with van der Waals surface area (Å²) in [6, 6.07) is 15.7. The Bertz CT molecular complexity index is 1080. The number of aromatic amines is 1. The largest absolute Gasteiger partial charge is 0.497 e. The maximum atomic E-state index is 13.3. The minimum atomic E-state index is -0.141. The third-order valence-electron chi connectivity index (χ3n) is 6.42. The maximum Gasteiger partial charge on any atom is 0.244 e. The molecule has 0 aliphatic carbocycles. The summed E-state index contributed by atoms with van der Waals surface area (Å²) in [6.45, 7) is 2.96. The number of hydrogen-bond acceptors (Lipinski definition) is 5. The minimum absolute atomic E-state index is 0.0579. The number of para-hydroxylation sites is 2. The molecular weight excluding hydrogens is 402 g/mol. The molecule has 1 amide bonds. The lowest BCUT2D eigenvalue weighted by Gasteiger charge is -2.27. The number of nitrogens with one attached hydrogen (secondary N) is 1. The molecule has 2 aliphatic rings. The van der Waals surface area contributed by atoms with Crippen LogP contribution in [0.3, 0.4) is 0 Å². The number of amides is 1. The molecule has 1 atom stereocenters. The second-order valence-corrected chi connectivity index (χ2v) is 8.53. The van der Waals surface area contributed by atoms with E-state index in [2.05, 4.69) is 9.88 Å². The Labute approximate surface area is 188 Å². The van der Waals surface area contributed by atoms with Gasteiger partial charge in [0.25, 0.3) is 0 Å². The van der Waals surface area contributed by atoms with Crippen molar-refractivity contribution < 1.29 is 9.53 Å². The number of hydrazone groups is 1. The van der Waals surface area contributed by atoms with E-state index in [0.29, 0.717) is 12.8 Å². The number of fused-ring (bicyclic) bond motifs is 1. The van der Waals surface area contributed by atoms with Gasteiger partial charge in [-0.3, -0.25) is 4.79 Å². The van der Waals surface area contributed by atoms with Gasteiger partial charge in [0.05, 0.1) is 24.2 Å². The maximum absolute atomic E-state index is 13.3. The van der Waals surface area contributed by atoms with Gasteiger partial charge in [-0.1, -0.05) is 30.7 Å². The number of benzene rings is 2. The van der Waals surface area contributed by atoms with Crippen molar-refractivity contribution in [2.45, 2.75) is 38.1 Å². The second kappa shape index (κ2) is 9.12. The van der Waals surface area contributed by atoms with Crippen molar-refractivity contribution in [2.24, 2.45) is 5.10 Å². The zero-order valence-electron chi connectivity index (χ0n) is 18.5. The van der Waals surface area contributed by atoms with Crippen LogP contribution in [0.4, 0.5) is 0 Å². The van der Waals surface area contributed by atoms with Crippen LogP contribution in [0.15, 0.2) is 53.6 Å². The summed E-state index contributed by atoms with van der Waals surface area (Å²) in [4.78, 5) is 23.7. The zero-order valence-corrected chi connectivity index (χ0v) is 18.5. The van der Waals surface area contributed by atoms with E-state index in [1.165, 1.54) is 19.3 Å². The summed E-state index contributed by atoms with van der Waals surface area (Å²) in [5.41, 5.74) is 3.74. The molecule has 0 spiro atoms. The standard InChI is InChI=1S/C25H29N5O2/c1-32-19-11-9-18(10-12-19)23-17-22(25-26-20-7-3-4-8-21(20)27-25)28-30(23)24(31)13-16-29-14-5-2-6-15-29/h3-4,7-12,23H,2,5-6,13-17H2,1H3,(H,26,27). The number of ether oxygens (including phenoxy) is 1. The number of carbonyl (C=O) groups excluding carboxylic acids is 1. The quantitative estimate of drug-likeness (QED) is 0.637. The third-order valence-corrected chi connectivity index (χ3v) is 6.42. The van der Waals surface area contributed by atoms with Crippen LogP contribution in [-0.4, -0.2) is 58.2 Å². The van der Waals surface area contributed by atoms with E-state index in [4.69, 9.17) is 14.8 Å². The van der Waals surface area contributed by atoms with Crippen molar-refractivity contribution >= 4 is 22.7 Å². The van der Waals surface area contributed by atoms with E-state index < -0.39 is 0 Å². The van der Waals surface area contributed by atoms with Gasteiger partial charge in [-0.15, -0.1) is 0 Å². The van der Waals surface area contributed by atoms with Crippen molar-refractivity contribution in [3.05, 3.63) is 59.9 Å². The predicted octanol–water partition coefficient (Wildman–Crippen LogP) is 4.13. The number of carbonyl (C=O) groups is 1. The van der Waals surface area contributed by atoms with Crippen molar-refractivity contribution in [2.75, 3.05) is 26.7 Å². The van der Waals surface area contributed by atoms with Crippen LogP contribution < -0.4 is 4.74 Å². The van der Waals surface area contributed by atoms with Gasteiger partial charge < -0.3 is 14.6 Å². The highest BCUT2D eigenvalue weighted by molar-refractivity contribution is 6.02. The molecule has 166 valence electrons. The van der Waals surface area contributed by atoms with Gasteiger partial charge in [-0.05, 0) is 55.8 Å². The van der Waals surface area contributed by atoms with Crippen molar-refractivity contribution in [3.8, 4) is 5.75 Å². The summed E-state index contributed by atoms with van der Waals surface area (Å²) in [6.07, 6.45) is 4.84. The van der Waals surface area contributed by atoms with Gasteiger partial charge in [-0.25, -0.2) is 9.99 Å². The Kier molecular flexibility index (Phi) is 5.90. The van der Waals surface area contributed by atoms with Gasteiger partial charge in [0.1, 0.15) is 11.5 Å². The van der Waals surface area contributed by atoms with Gasteiger partial charge >= 0.3 is 0 Å². The molecule has 1 saturated heterocycles. The molecule has 3 aromatic rings. The summed E-state index contributed by atoms with van der Waals surface area (Å²) in [5.74, 6) is 1.59. The summed E-state index contributed by atoms with van der Waals surface area (Å²) in [5, 5.41) is 6.45. The molecular formula is C25H29N5O2. The van der Waals surface area contributed by atoms with Gasteiger partial charge in [0.15, 0.2) is 5.82 Å². The number of hydrogen-bond donors (Lipinski definition) is 1. The second-order valence-electron chi connectivity index (χ2n) is 8.53. The molecule has 1 unspecified atom stereocenters. The summed E-state index contributed by atoms with van der Waals surface area (Å²) in [7, 11) is 1.66. The van der Waals surface area contributed by atoms with E-state index >= 15 is 0 Å². The third kappa shape index (κ3) is 4.25. The average molecular weight is 432 g/mol. The van der Waals surface area contributed by atoms with Crippen LogP contribution in [0.2, 0.25) is 0 Å². The normalized spacial score (nSPS) is 19.3. The SMILES string of the molecule is COc1ccc(C2CC(c3nc4ccccc4[nH]3)=NN2C(=O)CCN2CCCCC2)cc1. The first-order chi connectivity index (χ1) is 15.7. The van der Waals surface area contributed by atoms with Crippen LogP contribution >= 0.6 is 0 Å². The highest BCUT2D eigenvalue weighted by atomic mass is 16.5. The molecule has 1 fully saturated rings. The molecule has 1 aromatic heterocycles. The van der Waals surface area contributed by atoms with Crippen LogP contribution in [0.1, 0.15) is 49.5 Å². The molecule has 2 aromatic carbocycles. The molecule has 2 aliphatic heterocycles. The highest BCUT2D eigenvalue weighted by Crippen LogP contribution is 2.34. The fourth-order valence-electron chi connectivity index (χ4n) is 4.61. The van der Waals surface area contributed by atoms with Crippen LogP contribution in [-0.2, 0) is 4.79 Å². The molecule has 7 nitrogen and oxygen atoms in total. The van der Waals surface area contributed by atoms with Crippen LogP contribution in [0, 0.1) is 0 Å². The Hall–Kier alpha value is -3.19. The zero-order chi connectivity index (χ0) is 21.9. The fraction of sp³-hybridized carbons (Fsp3) is 0.400. The van der Waals surface area contributed by atoms with Gasteiger partial charge in [0, 0.05) is 19.4 Å². The Morgan fingerprint density at radius 1 is 1.09 bits per heavy atom. The summed E-state index contributed by atoms with van der Waals surface area (Å²) >= 11 is 0. The number of imidazole rings is 1. The number of aromatic nitrogens is 2. The first kappa shape index (κ1) is 20.7. The molecule has 32 heavy (non-hydrogen) atoms. The smallest absolute Gasteiger partial charge is 0.244 e. The van der Waals surface area contributed by atoms with E-state index in [0.717, 1.165) is 53.5 Å². The van der Waals surface area contributed by atoms with E-state index in [1.807, 2.05) is 48.5 Å². The number of piperidine rings is 1. The van der Waals surface area contributed by atoms with Crippen molar-refractivity contribution in [1.29, 1.82) is 0 Å². The Balaban J connectivity index is 1.39. The van der Waals surface area contributed by atoms with Crippen LogP contribution in [0.5, 0.6) is 5.75 Å². The number of H-pyrrole nitrogens is 1. The number of rotatable bonds is 6. The molecule has 0 radical (unpaired) electrons. The highest BCUT2D eigenvalue weighted by Gasteiger charge is 2.34. The van der Waals surface area contributed by atoms with Gasteiger partial charge in [0.2, 0.25) is 5.91 Å². The molecule has 3 heterocycles. The molecule has 5 rings (SSSR count). The molecule has 0 saturated carbocycles. The number of methoxy groups -OCH3 is 1. The first-order valence-electron chi connectivity index (χ1n) is 11.4. The van der Waals surface area contributed by atoms with Crippen molar-refractivity contribution in [3.63, 3.8) is 0 Å². The number of nitrogens with zero attached hydrogens (tertiary/aromatic N) is 4. The Morgan fingerprint density at radius 3 is 2.62 bits per heavy atom. The average Bonchev–Trinajstić information content (AvgIpc) is 3.48. The Morgan fingerprint density at radius 2 is 1.88 bits per heavy atom. The van der Waals surface area contributed by atoms with Gasteiger partial charge in [-0.2, -0.15) is 5.10 Å². The first-order valence-corrected chi connectivity index (χ1v) is 11.4. The molecule has 1 N–H and O–H groups in total. The van der Waals surface area contributed by atoms with E-state index in [-0.39, 0.29) is 11.9 Å². The lowest BCUT2D eigenvalue weighted by molar-refractivity contribution is -0.133. The summed E-state index contributed by atoms with van der Waals surface area (Å²) < 4.78 is 5.31. The molecule has 0 bridgehead atoms. The predicted molar refractivity (Wildman–Crippen MR) is 125 cm³/mol. The van der Waals surface area contributed by atoms with E-state index in [1.54, 1.807) is 12.1 Å². The van der Waals surface area contributed by atoms with Crippen molar-refractivity contribution in [1.82, 2.24) is 19.9 Å². The lowest BCUT2D eigenvalue weighted by Crippen LogP contribution is -2.35. The monoisotopic (exact) mass is 431 g/mol. The fourth-order valence-corrected chi connectivity index (χ4v) is 4.61. The van der Waals surface area contributed by atoms with E-state index in [9.17, 15) is 4.79 Å². The van der Waals surface area contributed by atoms with Crippen LogP contribution in [0.25, 0.3) is 11.0 Å². The topological polar surface area (TPSA) is 73.8 Å². The molecule has 7 heteroatoms. The minimum Gasteiger partial charge on any atom is -0.497 e. The number of likely N-dealkylation sites (tertiary alicyclic amines) is 1. The lowest BCUT2D eigenvalue weighted by atomic mass is 10.0.